The lowest BCUT2D eigenvalue weighted by Gasteiger charge is -2.37. The van der Waals surface area contributed by atoms with E-state index in [1.54, 1.807) is 18.2 Å². The molecule has 1 unspecified atom stereocenters. The standard InChI is InChI=1S/C27H35N7O5S/c1-18-6-7-21(30-40(2,37)38)20(13-18)27(36)33-8-4-3-5-23(33)22-14-25-28-24(32-16-19(35)17-32)15-26(34(25)29-22)31-9-11-39-12-10-31/h6-7,13-15,19,23,30,35H,3-5,8-12,16-17H2,1-2H3. The maximum Gasteiger partial charge on any atom is 0.256 e. The Labute approximate surface area is 233 Å². The first-order valence-corrected chi connectivity index (χ1v) is 15.6. The van der Waals surface area contributed by atoms with Crippen LogP contribution in [-0.4, -0.2) is 97.2 Å². The summed E-state index contributed by atoms with van der Waals surface area (Å²) in [6, 6.07) is 8.85. The van der Waals surface area contributed by atoms with Crippen molar-refractivity contribution in [3.05, 3.63) is 47.2 Å². The highest BCUT2D eigenvalue weighted by atomic mass is 32.2. The number of rotatable bonds is 6. The molecule has 1 amide bonds. The van der Waals surface area contributed by atoms with Gasteiger partial charge in [0.15, 0.2) is 5.65 Å². The molecule has 1 atom stereocenters. The first-order chi connectivity index (χ1) is 19.2. The molecule has 3 saturated heterocycles. The number of likely N-dealkylation sites (tertiary alicyclic amines) is 1. The zero-order chi connectivity index (χ0) is 28.0. The summed E-state index contributed by atoms with van der Waals surface area (Å²) in [5, 5.41) is 14.9. The quantitative estimate of drug-likeness (QED) is 0.456. The SMILES string of the molecule is Cc1ccc(NS(C)(=O)=O)c(C(=O)N2CCCCC2c2cc3nc(N4CC(O)C4)cc(N4CCOCC4)n3n2)c1. The van der Waals surface area contributed by atoms with Gasteiger partial charge in [0.05, 0.1) is 48.6 Å². The number of sulfonamides is 1. The van der Waals surface area contributed by atoms with E-state index in [0.717, 1.165) is 61.5 Å². The topological polar surface area (TPSA) is 133 Å². The summed E-state index contributed by atoms with van der Waals surface area (Å²) in [4.78, 5) is 24.9. The Morgan fingerprint density at radius 1 is 1.07 bits per heavy atom. The number of hydrogen-bond donors (Lipinski definition) is 2. The number of aromatic nitrogens is 3. The van der Waals surface area contributed by atoms with E-state index in [9.17, 15) is 18.3 Å². The second-order valence-corrected chi connectivity index (χ2v) is 12.7. The third kappa shape index (κ3) is 5.32. The summed E-state index contributed by atoms with van der Waals surface area (Å²) in [6.45, 7) is 6.22. The maximum absolute atomic E-state index is 14.0. The van der Waals surface area contributed by atoms with Crippen LogP contribution in [0, 0.1) is 6.92 Å². The molecular formula is C27H35N7O5S. The molecule has 0 aliphatic carbocycles. The van der Waals surface area contributed by atoms with Gasteiger partial charge >= 0.3 is 0 Å². The maximum atomic E-state index is 14.0. The van der Waals surface area contributed by atoms with Crippen molar-refractivity contribution in [3.8, 4) is 0 Å². The van der Waals surface area contributed by atoms with Crippen LogP contribution in [0.25, 0.3) is 5.65 Å². The fourth-order valence-corrected chi connectivity index (χ4v) is 6.29. The predicted molar refractivity (Wildman–Crippen MR) is 152 cm³/mol. The Bertz CT molecular complexity index is 1530. The number of hydrogen-bond acceptors (Lipinski definition) is 9. The number of aliphatic hydroxyl groups excluding tert-OH is 1. The summed E-state index contributed by atoms with van der Waals surface area (Å²) >= 11 is 0. The van der Waals surface area contributed by atoms with Crippen LogP contribution in [0.4, 0.5) is 17.3 Å². The fraction of sp³-hybridized carbons (Fsp3) is 0.519. The Kier molecular flexibility index (Phi) is 7.05. The van der Waals surface area contributed by atoms with Gasteiger partial charge in [-0.3, -0.25) is 9.52 Å². The van der Waals surface area contributed by atoms with Crippen molar-refractivity contribution in [2.45, 2.75) is 38.3 Å². The number of morpholine rings is 1. The molecule has 40 heavy (non-hydrogen) atoms. The molecule has 3 fully saturated rings. The van der Waals surface area contributed by atoms with Crippen molar-refractivity contribution in [3.63, 3.8) is 0 Å². The van der Waals surface area contributed by atoms with Gasteiger partial charge in [-0.15, -0.1) is 0 Å². The zero-order valence-corrected chi connectivity index (χ0v) is 23.6. The van der Waals surface area contributed by atoms with Gasteiger partial charge in [-0.05, 0) is 38.3 Å². The fourth-order valence-electron chi connectivity index (χ4n) is 5.71. The molecule has 2 N–H and O–H groups in total. The van der Waals surface area contributed by atoms with E-state index >= 15 is 0 Å². The van der Waals surface area contributed by atoms with Crippen molar-refractivity contribution in [1.29, 1.82) is 0 Å². The smallest absolute Gasteiger partial charge is 0.256 e. The molecule has 0 bridgehead atoms. The number of anilines is 3. The molecule has 0 spiro atoms. The predicted octanol–water partition coefficient (Wildman–Crippen LogP) is 1.79. The number of aliphatic hydroxyl groups is 1. The summed E-state index contributed by atoms with van der Waals surface area (Å²) in [5.41, 5.74) is 2.90. The van der Waals surface area contributed by atoms with E-state index in [4.69, 9.17) is 14.8 Å². The number of fused-ring (bicyclic) bond motifs is 1. The van der Waals surface area contributed by atoms with E-state index in [1.807, 2.05) is 33.4 Å². The van der Waals surface area contributed by atoms with Gasteiger partial charge in [0.25, 0.3) is 5.91 Å². The van der Waals surface area contributed by atoms with Gasteiger partial charge in [0.2, 0.25) is 10.0 Å². The Morgan fingerprint density at radius 3 is 2.58 bits per heavy atom. The molecule has 13 heteroatoms. The largest absolute Gasteiger partial charge is 0.389 e. The summed E-state index contributed by atoms with van der Waals surface area (Å²) in [7, 11) is -3.57. The lowest BCUT2D eigenvalue weighted by Crippen LogP contribution is -2.51. The number of nitrogens with one attached hydrogen (secondary N) is 1. The Morgan fingerprint density at radius 2 is 1.85 bits per heavy atom. The van der Waals surface area contributed by atoms with Crippen LogP contribution in [0.5, 0.6) is 0 Å². The lowest BCUT2D eigenvalue weighted by molar-refractivity contribution is 0.0606. The number of benzene rings is 1. The molecule has 3 aromatic rings. The van der Waals surface area contributed by atoms with E-state index in [0.29, 0.717) is 44.1 Å². The molecule has 3 aliphatic heterocycles. The molecule has 6 rings (SSSR count). The first kappa shape index (κ1) is 26.8. The average molecular weight is 570 g/mol. The molecule has 3 aliphatic rings. The van der Waals surface area contributed by atoms with E-state index in [1.165, 1.54) is 0 Å². The van der Waals surface area contributed by atoms with Gasteiger partial charge in [-0.25, -0.2) is 13.4 Å². The van der Waals surface area contributed by atoms with Crippen LogP contribution < -0.4 is 14.5 Å². The minimum atomic E-state index is -3.57. The van der Waals surface area contributed by atoms with Gasteiger partial charge in [-0.1, -0.05) is 11.6 Å². The second kappa shape index (κ2) is 10.5. The first-order valence-electron chi connectivity index (χ1n) is 13.7. The number of nitrogens with zero attached hydrogens (tertiary/aromatic N) is 6. The van der Waals surface area contributed by atoms with Gasteiger partial charge < -0.3 is 24.5 Å². The third-order valence-corrected chi connectivity index (χ3v) is 8.33. The lowest BCUT2D eigenvalue weighted by atomic mass is 9.97. The number of ether oxygens (including phenoxy) is 1. The number of piperidine rings is 1. The minimum absolute atomic E-state index is 0.228. The second-order valence-electron chi connectivity index (χ2n) is 10.9. The minimum Gasteiger partial charge on any atom is -0.389 e. The summed E-state index contributed by atoms with van der Waals surface area (Å²) < 4.78 is 34.0. The van der Waals surface area contributed by atoms with Gasteiger partial charge in [0, 0.05) is 44.9 Å². The summed E-state index contributed by atoms with van der Waals surface area (Å²) in [5.74, 6) is 1.47. The molecule has 1 aromatic carbocycles. The number of carbonyl (C=O) groups is 1. The van der Waals surface area contributed by atoms with Crippen molar-refractivity contribution in [2.75, 3.05) is 66.7 Å². The van der Waals surface area contributed by atoms with Crippen LogP contribution in [0.3, 0.4) is 0 Å². The third-order valence-electron chi connectivity index (χ3n) is 7.74. The molecule has 2 aromatic heterocycles. The van der Waals surface area contributed by atoms with Gasteiger partial charge in [-0.2, -0.15) is 9.61 Å². The number of β-amino-alcohol motifs (C(OH)–C–C–N with tert-alkyl or cyclic N) is 1. The van der Waals surface area contributed by atoms with Gasteiger partial charge in [0.1, 0.15) is 11.6 Å². The molecule has 0 saturated carbocycles. The number of aryl methyl sites for hydroxylation is 1. The summed E-state index contributed by atoms with van der Waals surface area (Å²) in [6.07, 6.45) is 3.28. The molecule has 12 nitrogen and oxygen atoms in total. The van der Waals surface area contributed by atoms with Crippen molar-refractivity contribution in [1.82, 2.24) is 19.5 Å². The molecule has 214 valence electrons. The monoisotopic (exact) mass is 569 g/mol. The average Bonchev–Trinajstić information content (AvgIpc) is 3.35. The Hall–Kier alpha value is -3.42. The van der Waals surface area contributed by atoms with Crippen LogP contribution in [-0.2, 0) is 14.8 Å². The molecule has 0 radical (unpaired) electrons. The van der Waals surface area contributed by atoms with Crippen LogP contribution in [0.2, 0.25) is 0 Å². The molecule has 5 heterocycles. The normalized spacial score (nSPS) is 20.6. The van der Waals surface area contributed by atoms with Crippen LogP contribution in [0.1, 0.15) is 46.9 Å². The van der Waals surface area contributed by atoms with Crippen molar-refractivity contribution in [2.24, 2.45) is 0 Å². The number of carbonyl (C=O) groups excluding carboxylic acids is 1. The van der Waals surface area contributed by atoms with E-state index < -0.39 is 10.0 Å². The molecular weight excluding hydrogens is 534 g/mol. The highest BCUT2D eigenvalue weighted by molar-refractivity contribution is 7.92. The van der Waals surface area contributed by atoms with Crippen LogP contribution >= 0.6 is 0 Å². The zero-order valence-electron chi connectivity index (χ0n) is 22.8. The number of amides is 1. The highest BCUT2D eigenvalue weighted by Crippen LogP contribution is 2.35. The van der Waals surface area contributed by atoms with Crippen molar-refractivity contribution >= 4 is 38.9 Å². The van der Waals surface area contributed by atoms with Crippen LogP contribution in [0.15, 0.2) is 30.3 Å². The Balaban J connectivity index is 1.38. The highest BCUT2D eigenvalue weighted by Gasteiger charge is 2.33. The van der Waals surface area contributed by atoms with E-state index in [2.05, 4.69) is 9.62 Å². The van der Waals surface area contributed by atoms with Crippen molar-refractivity contribution < 1.29 is 23.1 Å². The van der Waals surface area contributed by atoms with E-state index in [-0.39, 0.29) is 23.7 Å².